The van der Waals surface area contributed by atoms with E-state index < -0.39 is 0 Å². The maximum absolute atomic E-state index is 6.11. The summed E-state index contributed by atoms with van der Waals surface area (Å²) in [5.74, 6) is 1.12. The Morgan fingerprint density at radius 2 is 1.97 bits per heavy atom. The Kier molecular flexibility index (Phi) is 6.35. The molecule has 1 fully saturated rings. The summed E-state index contributed by atoms with van der Waals surface area (Å²) in [5.41, 5.74) is 4.61. The van der Waals surface area contributed by atoms with Crippen LogP contribution in [0.2, 0.25) is 5.02 Å². The zero-order valence-corrected chi connectivity index (χ0v) is 18.7. The van der Waals surface area contributed by atoms with Gasteiger partial charge in [0.1, 0.15) is 0 Å². The number of anilines is 1. The van der Waals surface area contributed by atoms with Gasteiger partial charge in [-0.05, 0) is 44.0 Å². The van der Waals surface area contributed by atoms with E-state index in [-0.39, 0.29) is 0 Å². The Morgan fingerprint density at radius 1 is 1.17 bits per heavy atom. The molecular formula is C23H29ClN6. The average molecular weight is 425 g/mol. The number of aromatic nitrogens is 4. The van der Waals surface area contributed by atoms with Crippen molar-refractivity contribution in [3.63, 3.8) is 0 Å². The van der Waals surface area contributed by atoms with Crippen molar-refractivity contribution in [2.24, 2.45) is 0 Å². The fourth-order valence-electron chi connectivity index (χ4n) is 4.11. The molecule has 1 saturated heterocycles. The number of hydrogen-bond acceptors (Lipinski definition) is 5. The Bertz CT molecular complexity index is 982. The molecule has 2 aromatic heterocycles. The van der Waals surface area contributed by atoms with E-state index in [9.17, 15) is 0 Å². The molecule has 4 rings (SSSR count). The van der Waals surface area contributed by atoms with E-state index in [1.807, 2.05) is 48.2 Å². The van der Waals surface area contributed by atoms with E-state index in [1.165, 1.54) is 5.56 Å². The van der Waals surface area contributed by atoms with Crippen molar-refractivity contribution in [3.05, 3.63) is 59.1 Å². The highest BCUT2D eigenvalue weighted by Gasteiger charge is 2.26. The summed E-state index contributed by atoms with van der Waals surface area (Å²) in [7, 11) is 3.97. The molecule has 3 heterocycles. The minimum Gasteiger partial charge on any atom is -0.347 e. The van der Waals surface area contributed by atoms with E-state index in [4.69, 9.17) is 16.6 Å². The molecule has 30 heavy (non-hydrogen) atoms. The highest BCUT2D eigenvalue weighted by Crippen LogP contribution is 2.34. The van der Waals surface area contributed by atoms with Crippen LogP contribution in [0.25, 0.3) is 11.1 Å². The molecule has 0 unspecified atom stereocenters. The Morgan fingerprint density at radius 3 is 2.67 bits per heavy atom. The van der Waals surface area contributed by atoms with Crippen LogP contribution in [0.3, 0.4) is 0 Å². The van der Waals surface area contributed by atoms with Crippen molar-refractivity contribution >= 4 is 17.5 Å². The second kappa shape index (κ2) is 9.14. The molecule has 0 spiro atoms. The van der Waals surface area contributed by atoms with Crippen molar-refractivity contribution in [1.29, 1.82) is 0 Å². The summed E-state index contributed by atoms with van der Waals surface area (Å²) in [4.78, 5) is 14.1. The SMILES string of the molecule is CCn1cc(CN2CCC[C@H](c3nc(N(C)C)ncc3-c3ccc(Cl)cc3)C2)cn1. The molecule has 1 aromatic carbocycles. The van der Waals surface area contributed by atoms with Crippen LogP contribution in [0, 0.1) is 0 Å². The predicted octanol–water partition coefficient (Wildman–Crippen LogP) is 4.46. The third kappa shape index (κ3) is 4.65. The highest BCUT2D eigenvalue weighted by molar-refractivity contribution is 6.30. The first kappa shape index (κ1) is 20.8. The van der Waals surface area contributed by atoms with Crippen LogP contribution >= 0.6 is 11.6 Å². The van der Waals surface area contributed by atoms with Crippen LogP contribution in [0.15, 0.2) is 42.9 Å². The van der Waals surface area contributed by atoms with Gasteiger partial charge in [-0.25, -0.2) is 9.97 Å². The van der Waals surface area contributed by atoms with Gasteiger partial charge in [0.15, 0.2) is 0 Å². The lowest BCUT2D eigenvalue weighted by atomic mass is 9.90. The molecule has 0 amide bonds. The van der Waals surface area contributed by atoms with Gasteiger partial charge in [-0.2, -0.15) is 5.10 Å². The fourth-order valence-corrected chi connectivity index (χ4v) is 4.23. The maximum Gasteiger partial charge on any atom is 0.225 e. The number of hydrogen-bond donors (Lipinski definition) is 0. The minimum absolute atomic E-state index is 0.368. The van der Waals surface area contributed by atoms with Gasteiger partial charge < -0.3 is 4.90 Å². The topological polar surface area (TPSA) is 50.1 Å². The van der Waals surface area contributed by atoms with E-state index in [0.717, 1.165) is 66.8 Å². The maximum atomic E-state index is 6.11. The number of likely N-dealkylation sites (tertiary alicyclic amines) is 1. The Hall–Kier alpha value is -2.44. The molecule has 1 atom stereocenters. The molecule has 0 N–H and O–H groups in total. The Labute approximate surface area is 183 Å². The van der Waals surface area contributed by atoms with Gasteiger partial charge in [0.25, 0.3) is 0 Å². The number of rotatable bonds is 6. The summed E-state index contributed by atoms with van der Waals surface area (Å²) in [6.45, 7) is 6.04. The van der Waals surface area contributed by atoms with E-state index in [2.05, 4.69) is 40.2 Å². The standard InChI is InChI=1S/C23H29ClN6/c1-4-30-15-17(12-26-30)14-29-11-5-6-19(16-29)22-21(13-25-23(27-22)28(2)3)18-7-9-20(24)10-8-18/h7-10,12-13,15,19H,4-6,11,14,16H2,1-3H3/t19-/m0/s1. The first-order chi connectivity index (χ1) is 14.5. The van der Waals surface area contributed by atoms with Crippen molar-refractivity contribution in [3.8, 4) is 11.1 Å². The molecule has 1 aliphatic rings. The van der Waals surface area contributed by atoms with Crippen LogP contribution in [-0.2, 0) is 13.1 Å². The van der Waals surface area contributed by atoms with Crippen LogP contribution in [0.1, 0.15) is 36.9 Å². The van der Waals surface area contributed by atoms with Gasteiger partial charge in [-0.3, -0.25) is 9.58 Å². The smallest absolute Gasteiger partial charge is 0.225 e. The summed E-state index contributed by atoms with van der Waals surface area (Å²) >= 11 is 6.11. The Balaban J connectivity index is 1.61. The summed E-state index contributed by atoms with van der Waals surface area (Å²) in [6, 6.07) is 7.97. The lowest BCUT2D eigenvalue weighted by Gasteiger charge is -2.33. The lowest BCUT2D eigenvalue weighted by molar-refractivity contribution is 0.198. The third-order valence-corrected chi connectivity index (χ3v) is 5.92. The first-order valence-corrected chi connectivity index (χ1v) is 10.9. The number of aryl methyl sites for hydroxylation is 1. The summed E-state index contributed by atoms with van der Waals surface area (Å²) < 4.78 is 1.99. The third-order valence-electron chi connectivity index (χ3n) is 5.67. The fraction of sp³-hybridized carbons (Fsp3) is 0.435. The van der Waals surface area contributed by atoms with Gasteiger partial charge in [-0.1, -0.05) is 23.7 Å². The zero-order chi connectivity index (χ0) is 21.1. The highest BCUT2D eigenvalue weighted by atomic mass is 35.5. The first-order valence-electron chi connectivity index (χ1n) is 10.6. The molecule has 1 aliphatic heterocycles. The minimum atomic E-state index is 0.368. The van der Waals surface area contributed by atoms with Gasteiger partial charge >= 0.3 is 0 Å². The quantitative estimate of drug-likeness (QED) is 0.584. The largest absolute Gasteiger partial charge is 0.347 e. The second-order valence-corrected chi connectivity index (χ2v) is 8.59. The number of nitrogens with zero attached hydrogens (tertiary/aromatic N) is 6. The molecule has 0 aliphatic carbocycles. The van der Waals surface area contributed by atoms with Crippen LogP contribution in [-0.4, -0.2) is 51.8 Å². The van der Waals surface area contributed by atoms with Crippen molar-refractivity contribution in [2.45, 2.75) is 38.8 Å². The predicted molar refractivity (Wildman–Crippen MR) is 122 cm³/mol. The molecule has 158 valence electrons. The molecule has 0 radical (unpaired) electrons. The van der Waals surface area contributed by atoms with Gasteiger partial charge in [0.2, 0.25) is 5.95 Å². The molecule has 7 heteroatoms. The van der Waals surface area contributed by atoms with Crippen molar-refractivity contribution in [1.82, 2.24) is 24.6 Å². The van der Waals surface area contributed by atoms with Crippen LogP contribution in [0.4, 0.5) is 5.95 Å². The number of piperidine rings is 1. The van der Waals surface area contributed by atoms with Gasteiger partial charge in [0, 0.05) is 68.2 Å². The van der Waals surface area contributed by atoms with E-state index in [0.29, 0.717) is 5.92 Å². The zero-order valence-electron chi connectivity index (χ0n) is 17.9. The number of halogens is 1. The molecule has 3 aromatic rings. The molecule has 0 bridgehead atoms. The van der Waals surface area contributed by atoms with Crippen LogP contribution in [0.5, 0.6) is 0 Å². The average Bonchev–Trinajstić information content (AvgIpc) is 3.21. The molecule has 6 nitrogen and oxygen atoms in total. The monoisotopic (exact) mass is 424 g/mol. The normalized spacial score (nSPS) is 17.3. The summed E-state index contributed by atoms with van der Waals surface area (Å²) in [5, 5.41) is 5.16. The van der Waals surface area contributed by atoms with Gasteiger partial charge in [0.05, 0.1) is 11.9 Å². The molecule has 0 saturated carbocycles. The van der Waals surface area contributed by atoms with Crippen molar-refractivity contribution < 1.29 is 0 Å². The lowest BCUT2D eigenvalue weighted by Crippen LogP contribution is -2.34. The molecular weight excluding hydrogens is 396 g/mol. The number of benzene rings is 1. The van der Waals surface area contributed by atoms with E-state index in [1.54, 1.807) is 0 Å². The van der Waals surface area contributed by atoms with Crippen molar-refractivity contribution in [2.75, 3.05) is 32.1 Å². The summed E-state index contributed by atoms with van der Waals surface area (Å²) in [6.07, 6.45) is 8.40. The van der Waals surface area contributed by atoms with Crippen LogP contribution < -0.4 is 4.90 Å². The van der Waals surface area contributed by atoms with E-state index >= 15 is 0 Å². The van der Waals surface area contributed by atoms with Gasteiger partial charge in [-0.15, -0.1) is 0 Å². The second-order valence-electron chi connectivity index (χ2n) is 8.15.